The van der Waals surface area contributed by atoms with Crippen LogP contribution in [0.1, 0.15) is 17.8 Å². The van der Waals surface area contributed by atoms with Gasteiger partial charge in [-0.3, -0.25) is 0 Å². The zero-order valence-electron chi connectivity index (χ0n) is 7.06. The molecule has 0 saturated heterocycles. The van der Waals surface area contributed by atoms with Crippen molar-refractivity contribution in [3.63, 3.8) is 0 Å². The molecule has 0 aromatic carbocycles. The smallest absolute Gasteiger partial charge is 0.250 e. The molecule has 0 radical (unpaired) electrons. The summed E-state index contributed by atoms with van der Waals surface area (Å²) in [6, 6.07) is 3.55. The first-order valence-electron chi connectivity index (χ1n) is 3.86. The van der Waals surface area contributed by atoms with E-state index in [4.69, 9.17) is 11.6 Å². The first kappa shape index (κ1) is 10.9. The lowest BCUT2D eigenvalue weighted by Crippen LogP contribution is -2.23. The van der Waals surface area contributed by atoms with Crippen molar-refractivity contribution >= 4 is 22.9 Å². The molecule has 1 aromatic rings. The van der Waals surface area contributed by atoms with Gasteiger partial charge in [0.25, 0.3) is 6.43 Å². The molecule has 1 rings (SSSR count). The molecule has 0 fully saturated rings. The predicted molar refractivity (Wildman–Crippen MR) is 51.8 cm³/mol. The largest absolute Gasteiger partial charge is 0.304 e. The van der Waals surface area contributed by atoms with Gasteiger partial charge in [0.1, 0.15) is 0 Å². The lowest BCUT2D eigenvalue weighted by atomic mass is 10.3. The Labute approximate surface area is 84.7 Å². The van der Waals surface area contributed by atoms with Gasteiger partial charge >= 0.3 is 0 Å². The van der Waals surface area contributed by atoms with Gasteiger partial charge in [0.05, 0.1) is 10.9 Å². The number of hydrogen-bond acceptors (Lipinski definition) is 2. The van der Waals surface area contributed by atoms with Crippen molar-refractivity contribution in [3.8, 4) is 0 Å². The van der Waals surface area contributed by atoms with Crippen molar-refractivity contribution in [1.82, 2.24) is 5.32 Å². The van der Waals surface area contributed by atoms with Crippen molar-refractivity contribution in [1.29, 1.82) is 0 Å². The summed E-state index contributed by atoms with van der Waals surface area (Å²) in [5.74, 6) is 0. The van der Waals surface area contributed by atoms with Gasteiger partial charge in [-0.05, 0) is 19.1 Å². The molecule has 0 aliphatic carbocycles. The number of hydrogen-bond donors (Lipinski definition) is 1. The molecule has 0 bridgehead atoms. The van der Waals surface area contributed by atoms with E-state index in [0.717, 1.165) is 4.88 Å². The molecule has 0 spiro atoms. The monoisotopic (exact) mass is 225 g/mol. The highest BCUT2D eigenvalue weighted by molar-refractivity contribution is 7.16. The Morgan fingerprint density at radius 2 is 2.23 bits per heavy atom. The van der Waals surface area contributed by atoms with E-state index < -0.39 is 6.43 Å². The molecule has 74 valence electrons. The van der Waals surface area contributed by atoms with E-state index in [2.05, 4.69) is 5.32 Å². The van der Waals surface area contributed by atoms with Gasteiger partial charge in [-0.25, -0.2) is 8.78 Å². The molecule has 1 N–H and O–H groups in total. The van der Waals surface area contributed by atoms with Gasteiger partial charge in [0.15, 0.2) is 0 Å². The lowest BCUT2D eigenvalue weighted by Gasteiger charge is -2.10. The Kier molecular flexibility index (Phi) is 4.09. The van der Waals surface area contributed by atoms with Crippen molar-refractivity contribution < 1.29 is 8.78 Å². The fraction of sp³-hybridized carbons (Fsp3) is 0.500. The Bertz CT molecular complexity index is 264. The molecule has 0 saturated carbocycles. The molecule has 0 aliphatic rings. The molecular formula is C8H10ClF2NS. The highest BCUT2D eigenvalue weighted by Gasteiger charge is 2.09. The van der Waals surface area contributed by atoms with Gasteiger partial charge in [0.2, 0.25) is 0 Å². The molecule has 1 nitrogen and oxygen atoms in total. The van der Waals surface area contributed by atoms with Crippen LogP contribution in [-0.2, 0) is 0 Å². The van der Waals surface area contributed by atoms with E-state index in [9.17, 15) is 8.78 Å². The molecule has 0 aliphatic heterocycles. The highest BCUT2D eigenvalue weighted by atomic mass is 35.5. The number of halogens is 3. The standard InChI is InChI=1S/C8H10ClF2NS/c1-5(12-4-8(10)11)6-2-3-7(9)13-6/h2-3,5,8,12H,4H2,1H3. The van der Waals surface area contributed by atoms with Gasteiger partial charge in [-0.2, -0.15) is 0 Å². The Hall–Kier alpha value is -0.190. The molecular weight excluding hydrogens is 216 g/mol. The predicted octanol–water partition coefficient (Wildman–Crippen LogP) is 3.32. The normalized spacial score (nSPS) is 13.6. The topological polar surface area (TPSA) is 12.0 Å². The lowest BCUT2D eigenvalue weighted by molar-refractivity contribution is 0.142. The maximum absolute atomic E-state index is 11.8. The number of rotatable bonds is 4. The van der Waals surface area contributed by atoms with Crippen LogP contribution in [0.4, 0.5) is 8.78 Å². The second-order valence-electron chi connectivity index (χ2n) is 2.66. The minimum atomic E-state index is -2.31. The van der Waals surface area contributed by atoms with Crippen LogP contribution >= 0.6 is 22.9 Å². The minimum absolute atomic E-state index is 0.0634. The second kappa shape index (κ2) is 4.88. The van der Waals surface area contributed by atoms with E-state index in [1.54, 1.807) is 6.07 Å². The Balaban J connectivity index is 2.44. The summed E-state index contributed by atoms with van der Waals surface area (Å²) in [7, 11) is 0. The minimum Gasteiger partial charge on any atom is -0.304 e. The SMILES string of the molecule is CC(NCC(F)F)c1ccc(Cl)s1. The van der Waals surface area contributed by atoms with Crippen molar-refractivity contribution in [3.05, 3.63) is 21.3 Å². The quantitative estimate of drug-likeness (QED) is 0.829. The van der Waals surface area contributed by atoms with Crippen LogP contribution in [0.15, 0.2) is 12.1 Å². The second-order valence-corrected chi connectivity index (χ2v) is 4.41. The Morgan fingerprint density at radius 1 is 1.54 bits per heavy atom. The summed E-state index contributed by atoms with van der Waals surface area (Å²) < 4.78 is 24.3. The summed E-state index contributed by atoms with van der Waals surface area (Å²) in [6.45, 7) is 1.56. The number of nitrogens with one attached hydrogen (secondary N) is 1. The summed E-state index contributed by atoms with van der Waals surface area (Å²) >= 11 is 7.12. The molecule has 1 atom stereocenters. The third kappa shape index (κ3) is 3.58. The fourth-order valence-corrected chi connectivity index (χ4v) is 2.02. The van der Waals surface area contributed by atoms with Gasteiger partial charge in [-0.15, -0.1) is 11.3 Å². The third-order valence-corrected chi connectivity index (χ3v) is 3.01. The van der Waals surface area contributed by atoms with Crippen LogP contribution in [-0.4, -0.2) is 13.0 Å². The maximum Gasteiger partial charge on any atom is 0.250 e. The molecule has 13 heavy (non-hydrogen) atoms. The summed E-state index contributed by atoms with van der Waals surface area (Å²) in [6.07, 6.45) is -2.31. The van der Waals surface area contributed by atoms with Crippen LogP contribution in [0.3, 0.4) is 0 Å². The van der Waals surface area contributed by atoms with E-state index in [-0.39, 0.29) is 12.6 Å². The van der Waals surface area contributed by atoms with Crippen LogP contribution in [0.2, 0.25) is 4.34 Å². The average Bonchev–Trinajstić information content (AvgIpc) is 2.47. The average molecular weight is 226 g/mol. The van der Waals surface area contributed by atoms with E-state index in [1.807, 2.05) is 13.0 Å². The molecule has 5 heteroatoms. The Morgan fingerprint density at radius 3 is 2.69 bits per heavy atom. The van der Waals surface area contributed by atoms with Crippen LogP contribution < -0.4 is 5.32 Å². The van der Waals surface area contributed by atoms with Crippen LogP contribution in [0.25, 0.3) is 0 Å². The van der Waals surface area contributed by atoms with Gasteiger partial charge in [0, 0.05) is 10.9 Å². The van der Waals surface area contributed by atoms with E-state index >= 15 is 0 Å². The van der Waals surface area contributed by atoms with Crippen LogP contribution in [0.5, 0.6) is 0 Å². The van der Waals surface area contributed by atoms with Gasteiger partial charge < -0.3 is 5.32 Å². The maximum atomic E-state index is 11.8. The van der Waals surface area contributed by atoms with Crippen molar-refractivity contribution in [2.75, 3.05) is 6.54 Å². The van der Waals surface area contributed by atoms with Gasteiger partial charge in [-0.1, -0.05) is 11.6 Å². The molecule has 0 amide bonds. The summed E-state index contributed by atoms with van der Waals surface area (Å²) in [4.78, 5) is 0.977. The molecule has 1 unspecified atom stereocenters. The van der Waals surface area contributed by atoms with E-state index in [0.29, 0.717) is 4.34 Å². The number of alkyl halides is 2. The van der Waals surface area contributed by atoms with Crippen molar-refractivity contribution in [2.45, 2.75) is 19.4 Å². The summed E-state index contributed by atoms with van der Waals surface area (Å²) in [5, 5.41) is 2.71. The molecule has 1 heterocycles. The van der Waals surface area contributed by atoms with Crippen molar-refractivity contribution in [2.24, 2.45) is 0 Å². The first-order valence-corrected chi connectivity index (χ1v) is 5.06. The first-order chi connectivity index (χ1) is 6.09. The third-order valence-electron chi connectivity index (χ3n) is 1.60. The number of thiophene rings is 1. The molecule has 1 aromatic heterocycles. The zero-order chi connectivity index (χ0) is 9.84. The van der Waals surface area contributed by atoms with E-state index in [1.165, 1.54) is 11.3 Å². The summed E-state index contributed by atoms with van der Waals surface area (Å²) in [5.41, 5.74) is 0. The van der Waals surface area contributed by atoms with Crippen LogP contribution in [0, 0.1) is 0 Å². The highest BCUT2D eigenvalue weighted by Crippen LogP contribution is 2.26. The fourth-order valence-electron chi connectivity index (χ4n) is 0.927. The zero-order valence-corrected chi connectivity index (χ0v) is 8.63.